The first-order valence-electron chi connectivity index (χ1n) is 14.9. The molecule has 2 aromatic rings. The van der Waals surface area contributed by atoms with Gasteiger partial charge in [-0.25, -0.2) is 4.39 Å². The number of hydrogen-bond acceptors (Lipinski definition) is 9. The number of rotatable bonds is 7. The normalized spacial score (nSPS) is 22.4. The molecular weight excluding hydrogens is 553 g/mol. The number of benzene rings is 1. The van der Waals surface area contributed by atoms with E-state index in [1.807, 2.05) is 11.8 Å². The monoisotopic (exact) mass is 591 g/mol. The van der Waals surface area contributed by atoms with Crippen LogP contribution in [0.25, 0.3) is 0 Å². The third-order valence-corrected chi connectivity index (χ3v) is 10.2. The molecule has 0 spiro atoms. The Morgan fingerprint density at radius 3 is 2.81 bits per heavy atom. The Hall–Kier alpha value is -3.36. The van der Waals surface area contributed by atoms with E-state index in [0.717, 1.165) is 61.6 Å². The predicted molar refractivity (Wildman–Crippen MR) is 162 cm³/mol. The Morgan fingerprint density at radius 2 is 2.02 bits per heavy atom. The predicted octanol–water partition coefficient (Wildman–Crippen LogP) is 3.96. The van der Waals surface area contributed by atoms with Gasteiger partial charge in [0.1, 0.15) is 12.4 Å². The van der Waals surface area contributed by atoms with Gasteiger partial charge in [0, 0.05) is 48.4 Å². The van der Waals surface area contributed by atoms with Crippen LogP contribution in [0.15, 0.2) is 35.5 Å². The van der Waals surface area contributed by atoms with Gasteiger partial charge in [0.2, 0.25) is 0 Å². The number of hydrogen-bond donors (Lipinski definition) is 0. The quantitative estimate of drug-likeness (QED) is 0.444. The van der Waals surface area contributed by atoms with E-state index in [1.54, 1.807) is 0 Å². The van der Waals surface area contributed by atoms with E-state index >= 15 is 0 Å². The van der Waals surface area contributed by atoms with E-state index in [0.29, 0.717) is 38.3 Å². The van der Waals surface area contributed by atoms with Gasteiger partial charge in [-0.1, -0.05) is 12.6 Å². The van der Waals surface area contributed by atoms with Gasteiger partial charge in [-0.15, -0.1) is 11.8 Å². The fourth-order valence-corrected chi connectivity index (χ4v) is 7.76. The third-order valence-electron chi connectivity index (χ3n) is 8.98. The number of carbonyl (C=O) groups is 1. The molecule has 1 amide bonds. The number of likely N-dealkylation sites (tertiary alicyclic amines) is 1. The van der Waals surface area contributed by atoms with Crippen molar-refractivity contribution in [2.45, 2.75) is 62.0 Å². The minimum Gasteiger partial charge on any atom is -0.462 e. The summed E-state index contributed by atoms with van der Waals surface area (Å²) in [6.45, 7) is 7.43. The number of fused-ring (bicyclic) bond motifs is 2. The van der Waals surface area contributed by atoms with Gasteiger partial charge in [0.15, 0.2) is 5.83 Å². The molecule has 9 nitrogen and oxygen atoms in total. The number of ether oxygens (including phenoxy) is 1. The lowest BCUT2D eigenvalue weighted by atomic mass is 10.0. The minimum atomic E-state index is -1.00. The lowest BCUT2D eigenvalue weighted by Gasteiger charge is -2.42. The molecule has 42 heavy (non-hydrogen) atoms. The van der Waals surface area contributed by atoms with Crippen molar-refractivity contribution in [1.29, 1.82) is 5.26 Å². The van der Waals surface area contributed by atoms with Crippen molar-refractivity contribution in [3.63, 3.8) is 0 Å². The SMILES string of the molecule is C=C(F)C(=O)N1CCN(c2nc(OC[C@@H]3CCCN3C)nc3c2CCN(c2cccc4c2CCCS4)C3)C[C@@H]1CC#N. The molecule has 6 rings (SSSR count). The van der Waals surface area contributed by atoms with Gasteiger partial charge < -0.3 is 24.3 Å². The molecule has 0 bridgehead atoms. The van der Waals surface area contributed by atoms with Crippen LogP contribution in [0.2, 0.25) is 0 Å². The molecule has 2 atom stereocenters. The maximum atomic E-state index is 13.8. The highest BCUT2D eigenvalue weighted by atomic mass is 32.2. The molecule has 1 aromatic carbocycles. The summed E-state index contributed by atoms with van der Waals surface area (Å²) in [6.07, 6.45) is 5.40. The first kappa shape index (κ1) is 28.7. The first-order valence-corrected chi connectivity index (χ1v) is 15.9. The van der Waals surface area contributed by atoms with Crippen LogP contribution in [0.3, 0.4) is 0 Å². The molecule has 0 radical (unpaired) electrons. The number of amides is 1. The van der Waals surface area contributed by atoms with Gasteiger partial charge in [0.05, 0.1) is 30.8 Å². The van der Waals surface area contributed by atoms with Gasteiger partial charge in [-0.2, -0.15) is 15.2 Å². The summed E-state index contributed by atoms with van der Waals surface area (Å²) in [5.74, 6) is 0.219. The van der Waals surface area contributed by atoms with Crippen LogP contribution in [0, 0.1) is 11.3 Å². The number of thioether (sulfide) groups is 1. The summed E-state index contributed by atoms with van der Waals surface area (Å²) in [5.41, 5.74) is 4.76. The average molecular weight is 592 g/mol. The summed E-state index contributed by atoms with van der Waals surface area (Å²) in [4.78, 5) is 32.1. The summed E-state index contributed by atoms with van der Waals surface area (Å²) >= 11 is 1.94. The highest BCUT2D eigenvalue weighted by Crippen LogP contribution is 2.39. The van der Waals surface area contributed by atoms with E-state index in [-0.39, 0.29) is 13.0 Å². The van der Waals surface area contributed by atoms with Crippen molar-refractivity contribution in [3.05, 3.63) is 47.4 Å². The molecule has 0 N–H and O–H groups in total. The average Bonchev–Trinajstić information content (AvgIpc) is 3.43. The topological polar surface area (TPSA) is 88.8 Å². The van der Waals surface area contributed by atoms with E-state index in [4.69, 9.17) is 14.7 Å². The van der Waals surface area contributed by atoms with Gasteiger partial charge in [-0.05, 0) is 69.1 Å². The standard InChI is InChI=1S/C31H38FN7O2S/c1-21(32)30(40)39-16-15-38(18-22(39)10-12-33)29-24-11-14-37(27-8-3-9-28-25(27)7-5-17-42-28)19-26(24)34-31(35-29)41-20-23-6-4-13-36(23)2/h3,8-9,22-23H,1,4-7,10-11,13-20H2,2H3/t22-,23-/m0/s1. The van der Waals surface area contributed by atoms with E-state index in [9.17, 15) is 14.4 Å². The number of nitriles is 1. The van der Waals surface area contributed by atoms with Crippen LogP contribution in [0.1, 0.15) is 42.5 Å². The molecule has 11 heteroatoms. The summed E-state index contributed by atoms with van der Waals surface area (Å²) < 4.78 is 20.0. The van der Waals surface area contributed by atoms with Crippen molar-refractivity contribution in [2.75, 3.05) is 61.9 Å². The second-order valence-corrected chi connectivity index (χ2v) is 12.7. The molecular formula is C31H38FN7O2S. The zero-order valence-electron chi connectivity index (χ0n) is 24.2. The van der Waals surface area contributed by atoms with Crippen LogP contribution in [0.5, 0.6) is 6.01 Å². The molecule has 5 heterocycles. The molecule has 1 aromatic heterocycles. The maximum Gasteiger partial charge on any atom is 0.318 e. The molecule has 2 fully saturated rings. The van der Waals surface area contributed by atoms with E-state index < -0.39 is 17.8 Å². The second kappa shape index (κ2) is 12.5. The Bertz CT molecular complexity index is 1400. The van der Waals surface area contributed by atoms with Crippen LogP contribution in [-0.2, 0) is 24.2 Å². The highest BCUT2D eigenvalue weighted by Gasteiger charge is 2.35. The van der Waals surface area contributed by atoms with E-state index in [1.165, 1.54) is 27.5 Å². The van der Waals surface area contributed by atoms with Crippen molar-refractivity contribution in [2.24, 2.45) is 0 Å². The first-order chi connectivity index (χ1) is 20.4. The number of likely N-dealkylation sites (N-methyl/N-ethyl adjacent to an activating group) is 1. The number of anilines is 2. The van der Waals surface area contributed by atoms with Crippen LogP contribution in [0.4, 0.5) is 15.9 Å². The number of carbonyl (C=O) groups excluding carboxylic acids is 1. The van der Waals surface area contributed by atoms with Gasteiger partial charge >= 0.3 is 6.01 Å². The number of halogens is 1. The van der Waals surface area contributed by atoms with Gasteiger partial charge in [-0.3, -0.25) is 4.79 Å². The number of aromatic nitrogens is 2. The molecule has 0 saturated carbocycles. The van der Waals surface area contributed by atoms with Crippen molar-refractivity contribution in [1.82, 2.24) is 19.8 Å². The van der Waals surface area contributed by atoms with Crippen molar-refractivity contribution >= 4 is 29.2 Å². The molecule has 0 aliphatic carbocycles. The summed E-state index contributed by atoms with van der Waals surface area (Å²) in [5, 5.41) is 9.49. The lowest BCUT2D eigenvalue weighted by molar-refractivity contribution is -0.131. The Morgan fingerprint density at radius 1 is 1.14 bits per heavy atom. The molecule has 222 valence electrons. The van der Waals surface area contributed by atoms with Crippen molar-refractivity contribution in [3.8, 4) is 12.1 Å². The molecule has 4 aliphatic rings. The van der Waals surface area contributed by atoms with Crippen LogP contribution >= 0.6 is 11.8 Å². The molecule has 0 unspecified atom stereocenters. The Labute approximate surface area is 251 Å². The maximum absolute atomic E-state index is 13.8. The zero-order valence-corrected chi connectivity index (χ0v) is 25.0. The summed E-state index contributed by atoms with van der Waals surface area (Å²) in [6, 6.07) is 9.02. The van der Waals surface area contributed by atoms with Crippen LogP contribution in [-0.4, -0.2) is 89.9 Å². The largest absolute Gasteiger partial charge is 0.462 e. The van der Waals surface area contributed by atoms with Gasteiger partial charge in [0.25, 0.3) is 5.91 Å². The smallest absolute Gasteiger partial charge is 0.318 e. The highest BCUT2D eigenvalue weighted by molar-refractivity contribution is 7.99. The fraction of sp³-hybridized carbons (Fsp3) is 0.548. The third kappa shape index (κ3) is 5.79. The lowest BCUT2D eigenvalue weighted by Crippen LogP contribution is -2.55. The van der Waals surface area contributed by atoms with E-state index in [2.05, 4.69) is 52.6 Å². The summed E-state index contributed by atoms with van der Waals surface area (Å²) in [7, 11) is 2.12. The Kier molecular flexibility index (Phi) is 8.54. The minimum absolute atomic E-state index is 0.102. The second-order valence-electron chi connectivity index (χ2n) is 11.6. The fourth-order valence-electron chi connectivity index (χ4n) is 6.70. The Balaban J connectivity index is 1.31. The molecule has 2 saturated heterocycles. The zero-order chi connectivity index (χ0) is 29.2. The number of piperazine rings is 1. The molecule has 4 aliphatic heterocycles. The van der Waals surface area contributed by atoms with Crippen LogP contribution < -0.4 is 14.5 Å². The van der Waals surface area contributed by atoms with Crippen molar-refractivity contribution < 1.29 is 13.9 Å². The number of nitrogens with zero attached hydrogens (tertiary/aromatic N) is 7.